The third kappa shape index (κ3) is 4.50. The molecule has 5 nitrogen and oxygen atoms in total. The van der Waals surface area contributed by atoms with Gasteiger partial charge >= 0.3 is 0 Å². The minimum atomic E-state index is -0.986. The van der Waals surface area contributed by atoms with Gasteiger partial charge in [-0.3, -0.25) is 14.5 Å². The predicted molar refractivity (Wildman–Crippen MR) is 120 cm³/mol. The molecule has 2 amide bonds. The monoisotopic (exact) mass is 408 g/mol. The highest BCUT2D eigenvalue weighted by atomic mass is 16.5. The van der Waals surface area contributed by atoms with Crippen molar-refractivity contribution in [2.24, 2.45) is 5.92 Å². The molecule has 3 rings (SSSR count). The van der Waals surface area contributed by atoms with Crippen LogP contribution in [0.3, 0.4) is 0 Å². The van der Waals surface area contributed by atoms with Crippen molar-refractivity contribution in [1.82, 2.24) is 5.32 Å². The van der Waals surface area contributed by atoms with Crippen molar-refractivity contribution < 1.29 is 14.3 Å². The van der Waals surface area contributed by atoms with Gasteiger partial charge in [-0.1, -0.05) is 32.0 Å². The van der Waals surface area contributed by atoms with E-state index in [1.165, 1.54) is 0 Å². The zero-order valence-corrected chi connectivity index (χ0v) is 18.4. The fraction of sp³-hybridized carbons (Fsp3) is 0.440. The van der Waals surface area contributed by atoms with E-state index in [4.69, 9.17) is 4.74 Å². The maximum atomic E-state index is 13.7. The molecule has 1 aliphatic rings. The Balaban J connectivity index is 2.00. The summed E-state index contributed by atoms with van der Waals surface area (Å²) < 4.78 is 5.55. The average Bonchev–Trinajstić information content (AvgIpc) is 2.84. The lowest BCUT2D eigenvalue weighted by molar-refractivity contribution is -0.126. The SMILES string of the molecule is CCOc1ccc(N2C(=O)c3ccccc3CC[C@]2(C)C(=O)NCCC(C)C)cc1. The van der Waals surface area contributed by atoms with Gasteiger partial charge in [-0.15, -0.1) is 0 Å². The van der Waals surface area contributed by atoms with Crippen molar-refractivity contribution in [3.8, 4) is 5.75 Å². The molecule has 1 heterocycles. The highest BCUT2D eigenvalue weighted by Gasteiger charge is 2.45. The Morgan fingerprint density at radius 2 is 1.87 bits per heavy atom. The molecule has 0 fully saturated rings. The molecule has 0 saturated heterocycles. The van der Waals surface area contributed by atoms with E-state index < -0.39 is 5.54 Å². The number of hydrogen-bond donors (Lipinski definition) is 1. The first-order valence-electron chi connectivity index (χ1n) is 10.8. The maximum absolute atomic E-state index is 13.7. The Bertz CT molecular complexity index is 892. The summed E-state index contributed by atoms with van der Waals surface area (Å²) in [5.41, 5.74) is 1.35. The van der Waals surface area contributed by atoms with Crippen molar-refractivity contribution in [3.63, 3.8) is 0 Å². The van der Waals surface area contributed by atoms with E-state index in [1.807, 2.05) is 62.4 Å². The highest BCUT2D eigenvalue weighted by molar-refractivity contribution is 6.12. The van der Waals surface area contributed by atoms with Gasteiger partial charge in [-0.2, -0.15) is 0 Å². The van der Waals surface area contributed by atoms with Crippen molar-refractivity contribution in [1.29, 1.82) is 0 Å². The zero-order chi connectivity index (χ0) is 21.7. The highest BCUT2D eigenvalue weighted by Crippen LogP contribution is 2.35. The number of ether oxygens (including phenoxy) is 1. The molecule has 0 saturated carbocycles. The molecule has 0 unspecified atom stereocenters. The largest absolute Gasteiger partial charge is 0.494 e. The van der Waals surface area contributed by atoms with Crippen LogP contribution in [0.5, 0.6) is 5.75 Å². The molecule has 1 aliphatic heterocycles. The van der Waals surface area contributed by atoms with Crippen LogP contribution in [0.1, 0.15) is 56.5 Å². The number of aryl methyl sites for hydroxylation is 1. The lowest BCUT2D eigenvalue weighted by Gasteiger charge is -2.39. The first-order chi connectivity index (χ1) is 14.4. The summed E-state index contributed by atoms with van der Waals surface area (Å²) in [6.45, 7) is 9.24. The second-order valence-corrected chi connectivity index (χ2v) is 8.44. The lowest BCUT2D eigenvalue weighted by Crippen LogP contribution is -2.59. The smallest absolute Gasteiger partial charge is 0.259 e. The summed E-state index contributed by atoms with van der Waals surface area (Å²) >= 11 is 0. The summed E-state index contributed by atoms with van der Waals surface area (Å²) in [5.74, 6) is 0.985. The zero-order valence-electron chi connectivity index (χ0n) is 18.4. The van der Waals surface area contributed by atoms with E-state index in [0.29, 0.717) is 43.2 Å². The molecular weight excluding hydrogens is 376 g/mol. The molecule has 0 radical (unpaired) electrons. The van der Waals surface area contributed by atoms with Gasteiger partial charge in [0.05, 0.1) is 6.61 Å². The average molecular weight is 409 g/mol. The summed E-state index contributed by atoms with van der Waals surface area (Å²) in [6, 6.07) is 15.1. The van der Waals surface area contributed by atoms with E-state index >= 15 is 0 Å². The Kier molecular flexibility index (Phi) is 6.80. The molecule has 0 spiro atoms. The second-order valence-electron chi connectivity index (χ2n) is 8.44. The summed E-state index contributed by atoms with van der Waals surface area (Å²) in [4.78, 5) is 28.7. The molecular formula is C25H32N2O3. The molecule has 0 aromatic heterocycles. The molecule has 30 heavy (non-hydrogen) atoms. The van der Waals surface area contributed by atoms with E-state index in [2.05, 4.69) is 19.2 Å². The Hall–Kier alpha value is -2.82. The molecule has 160 valence electrons. The molecule has 0 aliphatic carbocycles. The predicted octanol–water partition coefficient (Wildman–Crippen LogP) is 4.60. The second kappa shape index (κ2) is 9.33. The summed E-state index contributed by atoms with van der Waals surface area (Å²) in [7, 11) is 0. The number of rotatable bonds is 7. The van der Waals surface area contributed by atoms with Crippen molar-refractivity contribution in [2.75, 3.05) is 18.1 Å². The van der Waals surface area contributed by atoms with Crippen LogP contribution in [0.2, 0.25) is 0 Å². The van der Waals surface area contributed by atoms with Crippen LogP contribution in [0.25, 0.3) is 0 Å². The van der Waals surface area contributed by atoms with Crippen molar-refractivity contribution in [3.05, 3.63) is 59.7 Å². The van der Waals surface area contributed by atoms with Crippen LogP contribution < -0.4 is 15.0 Å². The van der Waals surface area contributed by atoms with E-state index in [0.717, 1.165) is 17.7 Å². The standard InChI is InChI=1S/C25H32N2O3/c1-5-30-21-12-10-20(11-13-21)27-23(28)22-9-7-6-8-19(22)14-16-25(27,4)24(29)26-17-15-18(2)3/h6-13,18H,5,14-17H2,1-4H3,(H,26,29)/t25-/m1/s1. The van der Waals surface area contributed by atoms with Crippen molar-refractivity contribution in [2.45, 2.75) is 52.5 Å². The van der Waals surface area contributed by atoms with Gasteiger partial charge in [-0.25, -0.2) is 0 Å². The van der Waals surface area contributed by atoms with Gasteiger partial charge < -0.3 is 10.1 Å². The third-order valence-electron chi connectivity index (χ3n) is 5.73. The van der Waals surface area contributed by atoms with Crippen LogP contribution in [0.15, 0.2) is 48.5 Å². The van der Waals surface area contributed by atoms with Gasteiger partial charge in [0.1, 0.15) is 11.3 Å². The Labute approximate surface area is 179 Å². The van der Waals surface area contributed by atoms with Crippen LogP contribution in [0, 0.1) is 5.92 Å². The van der Waals surface area contributed by atoms with Crippen LogP contribution >= 0.6 is 0 Å². The molecule has 1 atom stereocenters. The topological polar surface area (TPSA) is 58.6 Å². The number of fused-ring (bicyclic) bond motifs is 1. The number of nitrogens with zero attached hydrogens (tertiary/aromatic N) is 1. The van der Waals surface area contributed by atoms with E-state index in [9.17, 15) is 9.59 Å². The molecule has 2 aromatic rings. The number of carbonyl (C=O) groups excluding carboxylic acids is 2. The molecule has 5 heteroatoms. The fourth-order valence-corrected chi connectivity index (χ4v) is 3.92. The quantitative estimate of drug-likeness (QED) is 0.728. The van der Waals surface area contributed by atoms with Gasteiger partial charge in [0.15, 0.2) is 0 Å². The Morgan fingerprint density at radius 1 is 1.17 bits per heavy atom. The first kappa shape index (κ1) is 21.9. The number of hydrogen-bond acceptors (Lipinski definition) is 3. The fourth-order valence-electron chi connectivity index (χ4n) is 3.92. The molecule has 1 N–H and O–H groups in total. The van der Waals surface area contributed by atoms with Crippen LogP contribution in [0.4, 0.5) is 5.69 Å². The summed E-state index contributed by atoms with van der Waals surface area (Å²) in [5, 5.41) is 3.07. The molecule has 2 aromatic carbocycles. The Morgan fingerprint density at radius 3 is 2.53 bits per heavy atom. The number of carbonyl (C=O) groups is 2. The van der Waals surface area contributed by atoms with Crippen LogP contribution in [-0.4, -0.2) is 30.5 Å². The third-order valence-corrected chi connectivity index (χ3v) is 5.73. The van der Waals surface area contributed by atoms with Gasteiger partial charge in [0, 0.05) is 17.8 Å². The van der Waals surface area contributed by atoms with Crippen LogP contribution in [-0.2, 0) is 11.2 Å². The van der Waals surface area contributed by atoms with Gasteiger partial charge in [0.2, 0.25) is 5.91 Å². The first-order valence-corrected chi connectivity index (χ1v) is 10.8. The van der Waals surface area contributed by atoms with Gasteiger partial charge in [-0.05, 0) is 74.9 Å². The number of anilines is 1. The normalized spacial score (nSPS) is 18.7. The summed E-state index contributed by atoms with van der Waals surface area (Å²) in [6.07, 6.45) is 2.12. The number of amides is 2. The van der Waals surface area contributed by atoms with Crippen molar-refractivity contribution >= 4 is 17.5 Å². The number of nitrogens with one attached hydrogen (secondary N) is 1. The van der Waals surface area contributed by atoms with Gasteiger partial charge in [0.25, 0.3) is 5.91 Å². The minimum Gasteiger partial charge on any atom is -0.494 e. The number of benzene rings is 2. The maximum Gasteiger partial charge on any atom is 0.259 e. The lowest BCUT2D eigenvalue weighted by atomic mass is 9.91. The minimum absolute atomic E-state index is 0.113. The van der Waals surface area contributed by atoms with E-state index in [1.54, 1.807) is 4.90 Å². The van der Waals surface area contributed by atoms with E-state index in [-0.39, 0.29) is 11.8 Å². The molecule has 0 bridgehead atoms.